The van der Waals surface area contributed by atoms with Crippen molar-refractivity contribution < 1.29 is 22.7 Å². The molecule has 1 amide bonds. The predicted molar refractivity (Wildman–Crippen MR) is 98.0 cm³/mol. The van der Waals surface area contributed by atoms with E-state index in [-0.39, 0.29) is 23.8 Å². The molecule has 0 fully saturated rings. The van der Waals surface area contributed by atoms with E-state index < -0.39 is 22.1 Å². The Bertz CT molecular complexity index is 909. The Kier molecular flexibility index (Phi) is 6.33. The van der Waals surface area contributed by atoms with Crippen LogP contribution >= 0.6 is 0 Å². The van der Waals surface area contributed by atoms with Crippen molar-refractivity contribution in [3.63, 3.8) is 0 Å². The van der Waals surface area contributed by atoms with E-state index in [0.717, 1.165) is 10.8 Å². The van der Waals surface area contributed by atoms with Gasteiger partial charge in [-0.15, -0.1) is 0 Å². The molecule has 0 aromatic heterocycles. The maximum absolute atomic E-state index is 12.4. The molecule has 26 heavy (non-hydrogen) atoms. The highest BCUT2D eigenvalue weighted by molar-refractivity contribution is 7.89. The minimum atomic E-state index is -3.74. The third-order valence-electron chi connectivity index (χ3n) is 3.75. The van der Waals surface area contributed by atoms with Crippen LogP contribution in [0.4, 0.5) is 0 Å². The lowest BCUT2D eigenvalue weighted by Gasteiger charge is -2.17. The van der Waals surface area contributed by atoms with Gasteiger partial charge in [0.25, 0.3) is 5.91 Å². The van der Waals surface area contributed by atoms with Gasteiger partial charge >= 0.3 is 5.97 Å². The summed E-state index contributed by atoms with van der Waals surface area (Å²) in [5, 5.41) is 1.75. The number of esters is 1. The minimum Gasteiger partial charge on any atom is -0.452 e. The monoisotopic (exact) mass is 378 g/mol. The third kappa shape index (κ3) is 5.03. The Hall–Kier alpha value is -2.45. The van der Waals surface area contributed by atoms with Crippen molar-refractivity contribution in [3.8, 4) is 0 Å². The van der Waals surface area contributed by atoms with Crippen molar-refractivity contribution >= 4 is 32.7 Å². The average molecular weight is 378 g/mol. The summed E-state index contributed by atoms with van der Waals surface area (Å²) in [5.41, 5.74) is 0. The summed E-state index contributed by atoms with van der Waals surface area (Å²) in [6.07, 6.45) is -1.08. The zero-order valence-electron chi connectivity index (χ0n) is 14.9. The van der Waals surface area contributed by atoms with Crippen LogP contribution in [0.25, 0.3) is 10.8 Å². The van der Waals surface area contributed by atoms with Crippen LogP contribution in [0, 0.1) is 0 Å². The molecule has 1 atom stereocenters. The maximum Gasteiger partial charge on any atom is 0.307 e. The molecule has 0 aliphatic heterocycles. The number of rotatable bonds is 7. The molecule has 7 nitrogen and oxygen atoms in total. The lowest BCUT2D eigenvalue weighted by atomic mass is 10.1. The molecule has 2 rings (SSSR count). The molecular formula is C18H22N2O5S. The molecule has 0 saturated carbocycles. The summed E-state index contributed by atoms with van der Waals surface area (Å²) in [6, 6.07) is 12.3. The Morgan fingerprint density at radius 3 is 2.42 bits per heavy atom. The SMILES string of the molecule is C[C@@H](OC(=O)CCNS(=O)(=O)c1ccc2ccccc2c1)C(=O)N(C)C. The van der Waals surface area contributed by atoms with Crippen LogP contribution in [0.15, 0.2) is 47.4 Å². The summed E-state index contributed by atoms with van der Waals surface area (Å²) < 4.78 is 32.1. The summed E-state index contributed by atoms with van der Waals surface area (Å²) in [4.78, 5) is 24.8. The lowest BCUT2D eigenvalue weighted by Crippen LogP contribution is -2.35. The number of nitrogens with zero attached hydrogens (tertiary/aromatic N) is 1. The van der Waals surface area contributed by atoms with E-state index in [9.17, 15) is 18.0 Å². The standard InChI is InChI=1S/C18H22N2O5S/c1-13(18(22)20(2)3)25-17(21)10-11-19-26(23,24)16-9-8-14-6-4-5-7-15(14)12-16/h4-9,12-13,19H,10-11H2,1-3H3/t13-/m1/s1. The highest BCUT2D eigenvalue weighted by Gasteiger charge is 2.20. The smallest absolute Gasteiger partial charge is 0.307 e. The summed E-state index contributed by atoms with van der Waals surface area (Å²) >= 11 is 0. The maximum atomic E-state index is 12.4. The quantitative estimate of drug-likeness (QED) is 0.738. The van der Waals surface area contributed by atoms with E-state index >= 15 is 0 Å². The number of hydrogen-bond donors (Lipinski definition) is 1. The number of carbonyl (C=O) groups is 2. The highest BCUT2D eigenvalue weighted by atomic mass is 32.2. The van der Waals surface area contributed by atoms with Crippen molar-refractivity contribution in [3.05, 3.63) is 42.5 Å². The first-order valence-electron chi connectivity index (χ1n) is 8.10. The van der Waals surface area contributed by atoms with Crippen LogP contribution in [0.5, 0.6) is 0 Å². The van der Waals surface area contributed by atoms with Crippen molar-refractivity contribution in [1.82, 2.24) is 9.62 Å². The number of benzene rings is 2. The molecular weight excluding hydrogens is 356 g/mol. The molecule has 0 bridgehead atoms. The van der Waals surface area contributed by atoms with Gasteiger partial charge in [-0.05, 0) is 29.8 Å². The first kappa shape index (κ1) is 19.9. The number of nitrogens with one attached hydrogen (secondary N) is 1. The second-order valence-electron chi connectivity index (χ2n) is 6.02. The van der Waals surface area contributed by atoms with Crippen molar-refractivity contribution in [2.75, 3.05) is 20.6 Å². The fourth-order valence-electron chi connectivity index (χ4n) is 2.38. The largest absolute Gasteiger partial charge is 0.452 e. The van der Waals surface area contributed by atoms with Gasteiger partial charge in [0.2, 0.25) is 10.0 Å². The summed E-state index contributed by atoms with van der Waals surface area (Å²) in [6.45, 7) is 1.36. The number of carbonyl (C=O) groups excluding carboxylic acids is 2. The minimum absolute atomic E-state index is 0.114. The van der Waals surface area contributed by atoms with Crippen LogP contribution in [0.1, 0.15) is 13.3 Å². The van der Waals surface area contributed by atoms with Gasteiger partial charge < -0.3 is 9.64 Å². The van der Waals surface area contributed by atoms with Gasteiger partial charge in [-0.1, -0.05) is 30.3 Å². The van der Waals surface area contributed by atoms with Crippen LogP contribution in [0.3, 0.4) is 0 Å². The molecule has 1 N–H and O–H groups in total. The number of sulfonamides is 1. The zero-order chi connectivity index (χ0) is 19.3. The Morgan fingerprint density at radius 1 is 1.12 bits per heavy atom. The van der Waals surface area contributed by atoms with E-state index in [2.05, 4.69) is 4.72 Å². The molecule has 0 aliphatic carbocycles. The molecule has 0 radical (unpaired) electrons. The van der Waals surface area contributed by atoms with Crippen LogP contribution in [0.2, 0.25) is 0 Å². The molecule has 2 aromatic rings. The number of likely N-dealkylation sites (N-methyl/N-ethyl adjacent to an activating group) is 1. The first-order chi connectivity index (χ1) is 12.2. The van der Waals surface area contributed by atoms with Gasteiger partial charge in [-0.3, -0.25) is 9.59 Å². The van der Waals surface area contributed by atoms with Crippen molar-refractivity contribution in [2.24, 2.45) is 0 Å². The molecule has 0 unspecified atom stereocenters. The van der Waals surface area contributed by atoms with Gasteiger partial charge in [0, 0.05) is 20.6 Å². The van der Waals surface area contributed by atoms with E-state index in [0.29, 0.717) is 0 Å². The molecule has 8 heteroatoms. The van der Waals surface area contributed by atoms with Crippen LogP contribution in [-0.2, 0) is 24.3 Å². The van der Waals surface area contributed by atoms with Crippen molar-refractivity contribution in [1.29, 1.82) is 0 Å². The molecule has 0 heterocycles. The van der Waals surface area contributed by atoms with E-state index in [1.807, 2.05) is 24.3 Å². The van der Waals surface area contributed by atoms with Gasteiger partial charge in [-0.25, -0.2) is 13.1 Å². The molecule has 140 valence electrons. The second kappa shape index (κ2) is 8.29. The van der Waals surface area contributed by atoms with Crippen molar-refractivity contribution in [2.45, 2.75) is 24.3 Å². The third-order valence-corrected chi connectivity index (χ3v) is 5.21. The lowest BCUT2D eigenvalue weighted by molar-refractivity contribution is -0.157. The Morgan fingerprint density at radius 2 is 1.77 bits per heavy atom. The van der Waals surface area contributed by atoms with Gasteiger partial charge in [0.15, 0.2) is 6.10 Å². The van der Waals surface area contributed by atoms with E-state index in [1.54, 1.807) is 26.2 Å². The first-order valence-corrected chi connectivity index (χ1v) is 9.58. The Labute approximate surface area is 153 Å². The Balaban J connectivity index is 1.93. The second-order valence-corrected chi connectivity index (χ2v) is 7.79. The van der Waals surface area contributed by atoms with Crippen LogP contribution < -0.4 is 4.72 Å². The number of ether oxygens (including phenoxy) is 1. The molecule has 0 spiro atoms. The zero-order valence-corrected chi connectivity index (χ0v) is 15.7. The summed E-state index contributed by atoms with van der Waals surface area (Å²) in [5.74, 6) is -0.982. The van der Waals surface area contributed by atoms with E-state index in [4.69, 9.17) is 4.74 Å². The highest BCUT2D eigenvalue weighted by Crippen LogP contribution is 2.18. The van der Waals surface area contributed by atoms with Gasteiger partial charge in [-0.2, -0.15) is 0 Å². The van der Waals surface area contributed by atoms with Gasteiger partial charge in [0.05, 0.1) is 11.3 Å². The topological polar surface area (TPSA) is 92.8 Å². The summed E-state index contributed by atoms with van der Waals surface area (Å²) in [7, 11) is -0.619. The number of hydrogen-bond acceptors (Lipinski definition) is 5. The predicted octanol–water partition coefficient (Wildman–Crippen LogP) is 1.53. The normalized spacial score (nSPS) is 12.6. The number of amides is 1. The fraction of sp³-hybridized carbons (Fsp3) is 0.333. The van der Waals surface area contributed by atoms with Crippen LogP contribution in [-0.4, -0.2) is 51.9 Å². The van der Waals surface area contributed by atoms with Gasteiger partial charge in [0.1, 0.15) is 0 Å². The molecule has 0 aliphatic rings. The molecule has 0 saturated heterocycles. The fourth-order valence-corrected chi connectivity index (χ4v) is 3.44. The molecule has 2 aromatic carbocycles. The van der Waals surface area contributed by atoms with E-state index in [1.165, 1.54) is 17.9 Å². The average Bonchev–Trinajstić information content (AvgIpc) is 2.60. The number of fused-ring (bicyclic) bond motifs is 1.